The molecule has 0 unspecified atom stereocenters. The van der Waals surface area contributed by atoms with Crippen molar-refractivity contribution in [1.29, 1.82) is 0 Å². The SMILES string of the molecule is O=C(Nc1ccccc1C(F)(F)F)c1cc(NCc2ccc(F)cc2)ncn1. The molecule has 0 radical (unpaired) electrons. The molecule has 1 aromatic heterocycles. The molecule has 0 atom stereocenters. The average Bonchev–Trinajstić information content (AvgIpc) is 2.67. The van der Waals surface area contributed by atoms with Crippen molar-refractivity contribution in [2.45, 2.75) is 12.7 Å². The molecular weight excluding hydrogens is 376 g/mol. The topological polar surface area (TPSA) is 66.9 Å². The molecule has 0 aliphatic rings. The Bertz CT molecular complexity index is 974. The lowest BCUT2D eigenvalue weighted by Gasteiger charge is -2.13. The fraction of sp³-hybridized carbons (Fsp3) is 0.105. The molecule has 5 nitrogen and oxygen atoms in total. The van der Waals surface area contributed by atoms with E-state index in [0.717, 1.165) is 24.0 Å². The van der Waals surface area contributed by atoms with E-state index in [9.17, 15) is 22.4 Å². The number of halogens is 4. The van der Waals surface area contributed by atoms with E-state index < -0.39 is 17.6 Å². The molecule has 9 heteroatoms. The van der Waals surface area contributed by atoms with E-state index in [2.05, 4.69) is 20.6 Å². The summed E-state index contributed by atoms with van der Waals surface area (Å²) in [6.45, 7) is 0.315. The van der Waals surface area contributed by atoms with Crippen molar-refractivity contribution in [1.82, 2.24) is 9.97 Å². The fourth-order valence-electron chi connectivity index (χ4n) is 2.40. The number of nitrogens with zero attached hydrogens (tertiary/aromatic N) is 2. The molecule has 0 fully saturated rings. The van der Waals surface area contributed by atoms with Gasteiger partial charge >= 0.3 is 6.18 Å². The minimum Gasteiger partial charge on any atom is -0.366 e. The Kier molecular flexibility index (Phi) is 5.53. The van der Waals surface area contributed by atoms with Gasteiger partial charge in [-0.15, -0.1) is 0 Å². The molecule has 2 aromatic carbocycles. The lowest BCUT2D eigenvalue weighted by Crippen LogP contribution is -2.18. The number of amides is 1. The van der Waals surface area contributed by atoms with Crippen LogP contribution in [0.1, 0.15) is 21.6 Å². The molecule has 2 N–H and O–H groups in total. The standard InChI is InChI=1S/C19H14F4N4O/c20-13-7-5-12(6-8-13)10-24-17-9-16(25-11-26-17)18(28)27-15-4-2-1-3-14(15)19(21,22)23/h1-9,11H,10H2,(H,27,28)(H,24,25,26). The van der Waals surface area contributed by atoms with Crippen molar-refractivity contribution in [3.05, 3.63) is 83.6 Å². The summed E-state index contributed by atoms with van der Waals surface area (Å²) in [5, 5.41) is 5.16. The maximum atomic E-state index is 13.0. The second-order valence-electron chi connectivity index (χ2n) is 5.77. The Balaban J connectivity index is 1.72. The summed E-state index contributed by atoms with van der Waals surface area (Å²) in [6, 6.07) is 11.8. The van der Waals surface area contributed by atoms with Crippen molar-refractivity contribution in [3.63, 3.8) is 0 Å². The summed E-state index contributed by atoms with van der Waals surface area (Å²) in [4.78, 5) is 20.1. The quantitative estimate of drug-likeness (QED) is 0.630. The fourth-order valence-corrected chi connectivity index (χ4v) is 2.40. The van der Waals surface area contributed by atoms with Crippen LogP contribution < -0.4 is 10.6 Å². The largest absolute Gasteiger partial charge is 0.418 e. The number of benzene rings is 2. The minimum atomic E-state index is -4.60. The summed E-state index contributed by atoms with van der Waals surface area (Å²) in [5.41, 5.74) is -0.634. The lowest BCUT2D eigenvalue weighted by molar-refractivity contribution is -0.136. The second kappa shape index (κ2) is 8.03. The number of carbonyl (C=O) groups is 1. The molecule has 0 saturated heterocycles. The molecule has 144 valence electrons. The molecule has 1 heterocycles. The Morgan fingerprint density at radius 1 is 1.00 bits per heavy atom. The van der Waals surface area contributed by atoms with Gasteiger partial charge in [0.2, 0.25) is 0 Å². The number of alkyl halides is 3. The first-order valence-corrected chi connectivity index (χ1v) is 8.11. The van der Waals surface area contributed by atoms with Gasteiger partial charge in [0.1, 0.15) is 23.7 Å². The Morgan fingerprint density at radius 2 is 1.71 bits per heavy atom. The zero-order valence-corrected chi connectivity index (χ0v) is 14.3. The number of para-hydroxylation sites is 1. The van der Waals surface area contributed by atoms with Crippen LogP contribution in [0.4, 0.5) is 29.1 Å². The van der Waals surface area contributed by atoms with E-state index in [1.807, 2.05) is 0 Å². The summed E-state index contributed by atoms with van der Waals surface area (Å²) in [5.74, 6) is -0.860. The van der Waals surface area contributed by atoms with E-state index in [1.54, 1.807) is 12.1 Å². The van der Waals surface area contributed by atoms with Gasteiger partial charge in [-0.25, -0.2) is 14.4 Å². The highest BCUT2D eigenvalue weighted by molar-refractivity contribution is 6.03. The van der Waals surface area contributed by atoms with Gasteiger partial charge in [0.25, 0.3) is 5.91 Å². The van der Waals surface area contributed by atoms with Crippen LogP contribution in [-0.2, 0) is 12.7 Å². The van der Waals surface area contributed by atoms with Crippen LogP contribution in [0.3, 0.4) is 0 Å². The monoisotopic (exact) mass is 390 g/mol. The molecule has 3 rings (SSSR count). The third-order valence-electron chi connectivity index (χ3n) is 3.77. The number of aromatic nitrogens is 2. The van der Waals surface area contributed by atoms with Gasteiger partial charge < -0.3 is 10.6 Å². The highest BCUT2D eigenvalue weighted by Crippen LogP contribution is 2.34. The van der Waals surface area contributed by atoms with Crippen LogP contribution in [0.15, 0.2) is 60.9 Å². The number of hydrogen-bond acceptors (Lipinski definition) is 4. The predicted molar refractivity (Wildman–Crippen MR) is 95.2 cm³/mol. The number of anilines is 2. The van der Waals surface area contributed by atoms with E-state index in [4.69, 9.17) is 0 Å². The van der Waals surface area contributed by atoms with Crippen LogP contribution in [0.2, 0.25) is 0 Å². The first-order valence-electron chi connectivity index (χ1n) is 8.11. The van der Waals surface area contributed by atoms with Crippen LogP contribution in [0.5, 0.6) is 0 Å². The number of hydrogen-bond donors (Lipinski definition) is 2. The van der Waals surface area contributed by atoms with Crippen molar-refractivity contribution in [2.24, 2.45) is 0 Å². The van der Waals surface area contributed by atoms with Crippen LogP contribution in [-0.4, -0.2) is 15.9 Å². The molecule has 0 bridgehead atoms. The second-order valence-corrected chi connectivity index (χ2v) is 5.77. The van der Waals surface area contributed by atoms with Crippen LogP contribution >= 0.6 is 0 Å². The van der Waals surface area contributed by atoms with Gasteiger partial charge in [-0.1, -0.05) is 24.3 Å². The Labute approximate surface area is 157 Å². The summed E-state index contributed by atoms with van der Waals surface area (Å²) < 4.78 is 52.0. The smallest absolute Gasteiger partial charge is 0.366 e. The molecule has 0 saturated carbocycles. The van der Waals surface area contributed by atoms with Crippen molar-refractivity contribution in [3.8, 4) is 0 Å². The lowest BCUT2D eigenvalue weighted by atomic mass is 10.1. The van der Waals surface area contributed by atoms with E-state index in [1.165, 1.54) is 30.3 Å². The number of nitrogens with one attached hydrogen (secondary N) is 2. The molecule has 1 amide bonds. The zero-order valence-electron chi connectivity index (χ0n) is 14.3. The highest BCUT2D eigenvalue weighted by atomic mass is 19.4. The van der Waals surface area contributed by atoms with Gasteiger partial charge in [-0.05, 0) is 29.8 Å². The Hall–Kier alpha value is -3.49. The molecular formula is C19H14F4N4O. The zero-order chi connectivity index (χ0) is 20.1. The normalized spacial score (nSPS) is 11.1. The van der Waals surface area contributed by atoms with Gasteiger partial charge in [0.05, 0.1) is 11.3 Å². The highest BCUT2D eigenvalue weighted by Gasteiger charge is 2.33. The first kappa shape index (κ1) is 19.3. The summed E-state index contributed by atoms with van der Waals surface area (Å²) in [6.07, 6.45) is -3.48. The first-order chi connectivity index (χ1) is 13.3. The van der Waals surface area contributed by atoms with Crippen molar-refractivity contribution in [2.75, 3.05) is 10.6 Å². The van der Waals surface area contributed by atoms with Crippen molar-refractivity contribution < 1.29 is 22.4 Å². The Morgan fingerprint density at radius 3 is 2.43 bits per heavy atom. The maximum Gasteiger partial charge on any atom is 0.418 e. The molecule has 0 spiro atoms. The number of rotatable bonds is 5. The van der Waals surface area contributed by atoms with Crippen molar-refractivity contribution >= 4 is 17.4 Å². The third kappa shape index (κ3) is 4.81. The summed E-state index contributed by atoms with van der Waals surface area (Å²) >= 11 is 0. The minimum absolute atomic E-state index is 0.103. The molecule has 0 aliphatic carbocycles. The third-order valence-corrected chi connectivity index (χ3v) is 3.77. The van der Waals surface area contributed by atoms with Crippen LogP contribution in [0.25, 0.3) is 0 Å². The molecule has 28 heavy (non-hydrogen) atoms. The van der Waals surface area contributed by atoms with E-state index in [0.29, 0.717) is 12.4 Å². The van der Waals surface area contributed by atoms with Gasteiger partial charge in [-0.2, -0.15) is 13.2 Å². The predicted octanol–water partition coefficient (Wildman–Crippen LogP) is 4.50. The maximum absolute atomic E-state index is 13.0. The molecule has 0 aliphatic heterocycles. The van der Waals surface area contributed by atoms with Crippen LogP contribution in [0, 0.1) is 5.82 Å². The summed E-state index contributed by atoms with van der Waals surface area (Å²) in [7, 11) is 0. The van der Waals surface area contributed by atoms with Gasteiger partial charge in [-0.3, -0.25) is 4.79 Å². The van der Waals surface area contributed by atoms with Gasteiger partial charge in [0, 0.05) is 12.6 Å². The number of carbonyl (C=O) groups excluding carboxylic acids is 1. The van der Waals surface area contributed by atoms with E-state index in [-0.39, 0.29) is 17.2 Å². The molecule has 3 aromatic rings. The van der Waals surface area contributed by atoms with E-state index >= 15 is 0 Å². The van der Waals surface area contributed by atoms with Gasteiger partial charge in [0.15, 0.2) is 0 Å². The average molecular weight is 390 g/mol.